The monoisotopic (exact) mass is 331 g/mol. The molecule has 2 aromatic carbocycles. The standard InChI is InChI=1S/C19H19F2NO2/c1-19(20,21)18(23)22-17(13-6-3-2-4-7-13)15-9-10-16-14(12-15)8-5-11-24-16/h2-4,6-7,9-10,12,17H,5,8,11H2,1H3,(H,22,23). The average Bonchev–Trinajstić information content (AvgIpc) is 2.59. The smallest absolute Gasteiger partial charge is 0.321 e. The van der Waals surface area contributed by atoms with E-state index in [0.29, 0.717) is 13.5 Å². The molecule has 1 amide bonds. The number of amides is 1. The predicted molar refractivity (Wildman–Crippen MR) is 87.3 cm³/mol. The Hall–Kier alpha value is -2.43. The van der Waals surface area contributed by atoms with Gasteiger partial charge in [-0.05, 0) is 41.7 Å². The number of carbonyl (C=O) groups excluding carboxylic acids is 1. The van der Waals surface area contributed by atoms with Crippen LogP contribution in [-0.2, 0) is 11.2 Å². The van der Waals surface area contributed by atoms with Gasteiger partial charge in [-0.25, -0.2) is 0 Å². The summed E-state index contributed by atoms with van der Waals surface area (Å²) in [5.74, 6) is -3.89. The van der Waals surface area contributed by atoms with Crippen molar-refractivity contribution in [2.24, 2.45) is 0 Å². The van der Waals surface area contributed by atoms with Crippen molar-refractivity contribution >= 4 is 5.91 Å². The number of carbonyl (C=O) groups is 1. The number of aryl methyl sites for hydroxylation is 1. The third kappa shape index (κ3) is 3.55. The van der Waals surface area contributed by atoms with Crippen molar-refractivity contribution in [2.45, 2.75) is 31.7 Å². The molecule has 2 aromatic rings. The molecule has 0 bridgehead atoms. The van der Waals surface area contributed by atoms with Crippen molar-refractivity contribution in [1.29, 1.82) is 0 Å². The maximum absolute atomic E-state index is 13.3. The van der Waals surface area contributed by atoms with E-state index in [1.807, 2.05) is 48.5 Å². The number of nitrogens with one attached hydrogen (secondary N) is 1. The summed E-state index contributed by atoms with van der Waals surface area (Å²) in [6, 6.07) is 14.1. The second kappa shape index (κ2) is 6.59. The Kier molecular flexibility index (Phi) is 4.51. The molecule has 3 nitrogen and oxygen atoms in total. The van der Waals surface area contributed by atoms with Crippen LogP contribution in [0.3, 0.4) is 0 Å². The SMILES string of the molecule is CC(F)(F)C(=O)NC(c1ccccc1)c1ccc2c(c1)CCCO2. The molecule has 0 fully saturated rings. The van der Waals surface area contributed by atoms with Crippen LogP contribution in [0.25, 0.3) is 0 Å². The Morgan fingerprint density at radius 2 is 1.92 bits per heavy atom. The molecular formula is C19H19F2NO2. The Morgan fingerprint density at radius 1 is 1.17 bits per heavy atom. The van der Waals surface area contributed by atoms with Gasteiger partial charge < -0.3 is 10.1 Å². The van der Waals surface area contributed by atoms with Gasteiger partial charge in [0, 0.05) is 6.92 Å². The molecule has 5 heteroatoms. The van der Waals surface area contributed by atoms with Crippen LogP contribution < -0.4 is 10.1 Å². The highest BCUT2D eigenvalue weighted by Gasteiger charge is 2.34. The quantitative estimate of drug-likeness (QED) is 0.923. The topological polar surface area (TPSA) is 38.3 Å². The molecule has 1 aliphatic heterocycles. The first kappa shape index (κ1) is 16.4. The number of benzene rings is 2. The number of alkyl halides is 2. The van der Waals surface area contributed by atoms with Crippen molar-refractivity contribution in [3.05, 3.63) is 65.2 Å². The number of rotatable bonds is 4. The Labute approximate surface area is 139 Å². The zero-order chi connectivity index (χ0) is 17.2. The summed E-state index contributed by atoms with van der Waals surface area (Å²) in [6.07, 6.45) is 1.80. The van der Waals surface area contributed by atoms with Gasteiger partial charge in [0.2, 0.25) is 0 Å². The van der Waals surface area contributed by atoms with E-state index in [1.54, 1.807) is 0 Å². The molecule has 24 heavy (non-hydrogen) atoms. The summed E-state index contributed by atoms with van der Waals surface area (Å²) in [7, 11) is 0. The highest BCUT2D eigenvalue weighted by Crippen LogP contribution is 2.31. The molecule has 0 aliphatic carbocycles. The summed E-state index contributed by atoms with van der Waals surface area (Å²) >= 11 is 0. The minimum absolute atomic E-state index is 0.602. The molecule has 1 aliphatic rings. The summed E-state index contributed by atoms with van der Waals surface area (Å²) in [6.45, 7) is 1.29. The molecule has 1 atom stereocenters. The Balaban J connectivity index is 1.97. The van der Waals surface area contributed by atoms with Crippen molar-refractivity contribution in [3.8, 4) is 5.75 Å². The van der Waals surface area contributed by atoms with Crippen LogP contribution in [0, 0.1) is 0 Å². The Bertz CT molecular complexity index is 726. The lowest BCUT2D eigenvalue weighted by molar-refractivity contribution is -0.143. The van der Waals surface area contributed by atoms with Crippen LogP contribution in [0.1, 0.15) is 36.1 Å². The zero-order valence-corrected chi connectivity index (χ0v) is 13.4. The van der Waals surface area contributed by atoms with Gasteiger partial charge >= 0.3 is 5.92 Å². The summed E-state index contributed by atoms with van der Waals surface area (Å²) in [5, 5.41) is 2.47. The molecule has 1 N–H and O–H groups in total. The van der Waals surface area contributed by atoms with Crippen LogP contribution in [0.2, 0.25) is 0 Å². The molecule has 0 saturated carbocycles. The second-order valence-corrected chi connectivity index (χ2v) is 6.02. The van der Waals surface area contributed by atoms with Gasteiger partial charge in [-0.15, -0.1) is 0 Å². The van der Waals surface area contributed by atoms with Crippen LogP contribution in [0.15, 0.2) is 48.5 Å². The van der Waals surface area contributed by atoms with Crippen molar-refractivity contribution in [1.82, 2.24) is 5.32 Å². The highest BCUT2D eigenvalue weighted by atomic mass is 19.3. The lowest BCUT2D eigenvalue weighted by atomic mass is 9.94. The van der Waals surface area contributed by atoms with E-state index in [1.165, 1.54) is 0 Å². The maximum atomic E-state index is 13.3. The molecule has 0 aromatic heterocycles. The first-order valence-corrected chi connectivity index (χ1v) is 7.94. The molecule has 1 heterocycles. The molecule has 3 rings (SSSR count). The van der Waals surface area contributed by atoms with E-state index in [9.17, 15) is 13.6 Å². The predicted octanol–water partition coefficient (Wildman–Crippen LogP) is 3.87. The van der Waals surface area contributed by atoms with Gasteiger partial charge in [-0.3, -0.25) is 4.79 Å². The summed E-state index contributed by atoms with van der Waals surface area (Å²) in [4.78, 5) is 11.8. The number of hydrogen-bond acceptors (Lipinski definition) is 2. The van der Waals surface area contributed by atoms with Crippen molar-refractivity contribution < 1.29 is 18.3 Å². The fraction of sp³-hybridized carbons (Fsp3) is 0.316. The molecule has 0 radical (unpaired) electrons. The first-order chi connectivity index (χ1) is 11.4. The van der Waals surface area contributed by atoms with E-state index in [2.05, 4.69) is 5.32 Å². The maximum Gasteiger partial charge on any atom is 0.321 e. The van der Waals surface area contributed by atoms with Gasteiger partial charge in [-0.2, -0.15) is 8.78 Å². The molecule has 1 unspecified atom stereocenters. The van der Waals surface area contributed by atoms with Crippen LogP contribution in [-0.4, -0.2) is 18.4 Å². The lowest BCUT2D eigenvalue weighted by Gasteiger charge is -2.24. The normalized spacial score (nSPS) is 15.1. The van der Waals surface area contributed by atoms with Crippen molar-refractivity contribution in [3.63, 3.8) is 0 Å². The zero-order valence-electron chi connectivity index (χ0n) is 13.4. The largest absolute Gasteiger partial charge is 0.493 e. The van der Waals surface area contributed by atoms with E-state index in [-0.39, 0.29) is 0 Å². The second-order valence-electron chi connectivity index (χ2n) is 6.02. The van der Waals surface area contributed by atoms with Gasteiger partial charge in [0.05, 0.1) is 12.6 Å². The minimum atomic E-state index is -3.43. The highest BCUT2D eigenvalue weighted by molar-refractivity contribution is 5.83. The van der Waals surface area contributed by atoms with Gasteiger partial charge in [0.1, 0.15) is 5.75 Å². The number of fused-ring (bicyclic) bond motifs is 1. The van der Waals surface area contributed by atoms with Gasteiger partial charge in [-0.1, -0.05) is 36.4 Å². The van der Waals surface area contributed by atoms with E-state index >= 15 is 0 Å². The minimum Gasteiger partial charge on any atom is -0.493 e. The summed E-state index contributed by atoms with van der Waals surface area (Å²) < 4.78 is 32.3. The van der Waals surface area contributed by atoms with E-state index in [4.69, 9.17) is 4.74 Å². The molecule has 0 saturated heterocycles. The fourth-order valence-corrected chi connectivity index (χ4v) is 2.82. The third-order valence-corrected chi connectivity index (χ3v) is 4.07. The van der Waals surface area contributed by atoms with E-state index in [0.717, 1.165) is 35.3 Å². The third-order valence-electron chi connectivity index (χ3n) is 4.07. The molecule has 126 valence electrons. The van der Waals surface area contributed by atoms with Crippen LogP contribution in [0.4, 0.5) is 8.78 Å². The molecular weight excluding hydrogens is 312 g/mol. The fourth-order valence-electron chi connectivity index (χ4n) is 2.82. The number of hydrogen-bond donors (Lipinski definition) is 1. The first-order valence-electron chi connectivity index (χ1n) is 7.94. The lowest BCUT2D eigenvalue weighted by Crippen LogP contribution is -2.40. The summed E-state index contributed by atoms with van der Waals surface area (Å²) in [5.41, 5.74) is 2.56. The van der Waals surface area contributed by atoms with Crippen LogP contribution >= 0.6 is 0 Å². The van der Waals surface area contributed by atoms with Crippen LogP contribution in [0.5, 0.6) is 5.75 Å². The Morgan fingerprint density at radius 3 is 2.62 bits per heavy atom. The average molecular weight is 331 g/mol. The van der Waals surface area contributed by atoms with Gasteiger partial charge in [0.15, 0.2) is 0 Å². The number of ether oxygens (including phenoxy) is 1. The van der Waals surface area contributed by atoms with E-state index < -0.39 is 17.9 Å². The molecule has 0 spiro atoms. The number of halogens is 2. The van der Waals surface area contributed by atoms with Gasteiger partial charge in [0.25, 0.3) is 5.91 Å². The van der Waals surface area contributed by atoms with Crippen molar-refractivity contribution in [2.75, 3.05) is 6.61 Å².